The second kappa shape index (κ2) is 5.85. The van der Waals surface area contributed by atoms with Gasteiger partial charge in [-0.2, -0.15) is 5.10 Å². The minimum Gasteiger partial charge on any atom is -0.380 e. The highest BCUT2D eigenvalue weighted by atomic mass is 16.1. The number of nitrogens with zero attached hydrogens (tertiary/aromatic N) is 2. The largest absolute Gasteiger partial charge is 0.380 e. The van der Waals surface area contributed by atoms with E-state index in [-0.39, 0.29) is 12.5 Å². The van der Waals surface area contributed by atoms with Crippen molar-refractivity contribution in [2.24, 2.45) is 11.3 Å². The summed E-state index contributed by atoms with van der Waals surface area (Å²) in [7, 11) is 1.64. The van der Waals surface area contributed by atoms with Crippen LogP contribution in [0.2, 0.25) is 0 Å². The van der Waals surface area contributed by atoms with Crippen LogP contribution in [0.15, 0.2) is 12.4 Å². The monoisotopic (exact) mass is 278 g/mol. The molecule has 20 heavy (non-hydrogen) atoms. The summed E-state index contributed by atoms with van der Waals surface area (Å²) in [5, 5.41) is 10.4. The molecule has 5 heteroatoms. The molecule has 1 aliphatic carbocycles. The van der Waals surface area contributed by atoms with E-state index in [2.05, 4.69) is 36.5 Å². The lowest BCUT2D eigenvalue weighted by Crippen LogP contribution is -2.36. The van der Waals surface area contributed by atoms with Crippen LogP contribution in [0.1, 0.15) is 40.0 Å². The third kappa shape index (κ3) is 3.74. The Morgan fingerprint density at radius 3 is 2.95 bits per heavy atom. The number of likely N-dealkylation sites (N-methyl/N-ethyl adjacent to an activating group) is 1. The molecule has 0 spiro atoms. The lowest BCUT2D eigenvalue weighted by Gasteiger charge is -2.39. The average Bonchev–Trinajstić information content (AvgIpc) is 2.79. The zero-order valence-electron chi connectivity index (χ0n) is 12.9. The van der Waals surface area contributed by atoms with Gasteiger partial charge in [0.25, 0.3) is 0 Å². The summed E-state index contributed by atoms with van der Waals surface area (Å²) < 4.78 is 1.67. The Labute approximate surface area is 121 Å². The molecule has 1 aliphatic rings. The molecule has 2 N–H and O–H groups in total. The van der Waals surface area contributed by atoms with Crippen LogP contribution in [-0.4, -0.2) is 28.8 Å². The first-order valence-electron chi connectivity index (χ1n) is 7.39. The number of aromatic nitrogens is 2. The third-order valence-electron chi connectivity index (χ3n) is 4.26. The zero-order valence-corrected chi connectivity index (χ0v) is 12.9. The Morgan fingerprint density at radius 2 is 2.30 bits per heavy atom. The molecule has 2 unspecified atom stereocenters. The Bertz CT molecular complexity index is 466. The molecule has 112 valence electrons. The van der Waals surface area contributed by atoms with Crippen molar-refractivity contribution in [3.63, 3.8) is 0 Å². The molecule has 0 radical (unpaired) electrons. The summed E-state index contributed by atoms with van der Waals surface area (Å²) in [6.07, 6.45) is 7.39. The molecule has 0 bridgehead atoms. The van der Waals surface area contributed by atoms with Gasteiger partial charge in [-0.25, -0.2) is 0 Å². The van der Waals surface area contributed by atoms with Gasteiger partial charge in [0, 0.05) is 19.3 Å². The summed E-state index contributed by atoms with van der Waals surface area (Å²) >= 11 is 0. The van der Waals surface area contributed by atoms with Gasteiger partial charge in [-0.05, 0) is 30.6 Å². The van der Waals surface area contributed by atoms with E-state index < -0.39 is 0 Å². The third-order valence-corrected chi connectivity index (χ3v) is 4.26. The zero-order chi connectivity index (χ0) is 14.8. The van der Waals surface area contributed by atoms with Crippen LogP contribution < -0.4 is 10.6 Å². The Morgan fingerprint density at radius 1 is 1.55 bits per heavy atom. The van der Waals surface area contributed by atoms with Gasteiger partial charge in [0.1, 0.15) is 6.54 Å². The number of carbonyl (C=O) groups excluding carboxylic acids is 1. The number of rotatable bonds is 4. The summed E-state index contributed by atoms with van der Waals surface area (Å²) in [4.78, 5) is 11.3. The number of hydrogen-bond donors (Lipinski definition) is 2. The predicted molar refractivity (Wildman–Crippen MR) is 80.5 cm³/mol. The first-order valence-corrected chi connectivity index (χ1v) is 7.39. The van der Waals surface area contributed by atoms with E-state index in [0.717, 1.165) is 5.69 Å². The number of anilines is 1. The minimum atomic E-state index is -0.0348. The second-order valence-electron chi connectivity index (χ2n) is 6.73. The molecule has 2 atom stereocenters. The highest BCUT2D eigenvalue weighted by Gasteiger charge is 2.32. The average molecular weight is 278 g/mol. The number of nitrogens with one attached hydrogen (secondary N) is 2. The molecule has 1 fully saturated rings. The van der Waals surface area contributed by atoms with Crippen LogP contribution in [0.3, 0.4) is 0 Å². The van der Waals surface area contributed by atoms with Gasteiger partial charge in [0.05, 0.1) is 11.9 Å². The van der Waals surface area contributed by atoms with E-state index >= 15 is 0 Å². The van der Waals surface area contributed by atoms with Crippen LogP contribution >= 0.6 is 0 Å². The SMILES string of the molecule is CNC(=O)Cn1cc(NC2CCC(C)(C)CC2C)cn1. The quantitative estimate of drug-likeness (QED) is 0.888. The standard InChI is InChI=1S/C15H26N4O/c1-11-7-15(2,3)6-5-13(11)18-12-8-17-19(9-12)10-14(20)16-4/h8-9,11,13,18H,5-7,10H2,1-4H3,(H,16,20). The van der Waals surface area contributed by atoms with Crippen LogP contribution in [-0.2, 0) is 11.3 Å². The Kier molecular flexibility index (Phi) is 4.35. The predicted octanol–water partition coefficient (Wildman–Crippen LogP) is 2.26. The van der Waals surface area contributed by atoms with Gasteiger partial charge < -0.3 is 10.6 Å². The van der Waals surface area contributed by atoms with Crippen molar-refractivity contribution in [3.8, 4) is 0 Å². The van der Waals surface area contributed by atoms with E-state index in [9.17, 15) is 4.79 Å². The van der Waals surface area contributed by atoms with E-state index in [4.69, 9.17) is 0 Å². The van der Waals surface area contributed by atoms with Crippen molar-refractivity contribution in [3.05, 3.63) is 12.4 Å². The maximum atomic E-state index is 11.3. The number of amides is 1. The fourth-order valence-corrected chi connectivity index (χ4v) is 3.13. The van der Waals surface area contributed by atoms with Gasteiger partial charge in [-0.15, -0.1) is 0 Å². The van der Waals surface area contributed by atoms with E-state index in [1.165, 1.54) is 19.3 Å². The summed E-state index contributed by atoms with van der Waals surface area (Å²) in [6.45, 7) is 7.28. The fourth-order valence-electron chi connectivity index (χ4n) is 3.13. The number of carbonyl (C=O) groups is 1. The molecular weight excluding hydrogens is 252 g/mol. The first-order chi connectivity index (χ1) is 9.39. The lowest BCUT2D eigenvalue weighted by atomic mass is 9.70. The van der Waals surface area contributed by atoms with Gasteiger partial charge in [-0.3, -0.25) is 9.48 Å². The van der Waals surface area contributed by atoms with Gasteiger partial charge >= 0.3 is 0 Å². The normalized spacial score (nSPS) is 25.2. The minimum absolute atomic E-state index is 0.0348. The molecule has 0 aliphatic heterocycles. The van der Waals surface area contributed by atoms with Crippen molar-refractivity contribution < 1.29 is 4.79 Å². The van der Waals surface area contributed by atoms with Gasteiger partial charge in [0.2, 0.25) is 5.91 Å². The molecule has 5 nitrogen and oxygen atoms in total. The van der Waals surface area contributed by atoms with Gasteiger partial charge in [-0.1, -0.05) is 20.8 Å². The van der Waals surface area contributed by atoms with Crippen molar-refractivity contribution in [1.29, 1.82) is 0 Å². The van der Waals surface area contributed by atoms with Crippen molar-refractivity contribution in [2.75, 3.05) is 12.4 Å². The van der Waals surface area contributed by atoms with E-state index in [1.54, 1.807) is 17.9 Å². The topological polar surface area (TPSA) is 59.0 Å². The molecular formula is C15H26N4O. The molecule has 1 aromatic rings. The molecule has 2 rings (SSSR count). The smallest absolute Gasteiger partial charge is 0.241 e. The Hall–Kier alpha value is -1.52. The fraction of sp³-hybridized carbons (Fsp3) is 0.733. The van der Waals surface area contributed by atoms with Crippen LogP contribution in [0.4, 0.5) is 5.69 Å². The first kappa shape index (κ1) is 14.9. The number of hydrogen-bond acceptors (Lipinski definition) is 3. The maximum Gasteiger partial charge on any atom is 0.241 e. The molecule has 1 saturated carbocycles. The lowest BCUT2D eigenvalue weighted by molar-refractivity contribution is -0.121. The van der Waals surface area contributed by atoms with Crippen LogP contribution in [0.25, 0.3) is 0 Å². The van der Waals surface area contributed by atoms with Crippen LogP contribution in [0.5, 0.6) is 0 Å². The summed E-state index contributed by atoms with van der Waals surface area (Å²) in [5.74, 6) is 0.619. The highest BCUT2D eigenvalue weighted by Crippen LogP contribution is 2.39. The molecule has 0 aromatic carbocycles. The molecule has 1 heterocycles. The summed E-state index contributed by atoms with van der Waals surface area (Å²) in [5.41, 5.74) is 1.46. The Balaban J connectivity index is 1.92. The van der Waals surface area contributed by atoms with Crippen molar-refractivity contribution >= 4 is 11.6 Å². The van der Waals surface area contributed by atoms with Gasteiger partial charge in [0.15, 0.2) is 0 Å². The second-order valence-corrected chi connectivity index (χ2v) is 6.73. The summed E-state index contributed by atoms with van der Waals surface area (Å²) in [6, 6.07) is 0.501. The van der Waals surface area contributed by atoms with Crippen molar-refractivity contribution in [1.82, 2.24) is 15.1 Å². The maximum absolute atomic E-state index is 11.3. The van der Waals surface area contributed by atoms with E-state index in [1.807, 2.05) is 6.20 Å². The van der Waals surface area contributed by atoms with E-state index in [0.29, 0.717) is 17.4 Å². The van der Waals surface area contributed by atoms with Crippen molar-refractivity contribution in [2.45, 2.75) is 52.6 Å². The molecule has 1 aromatic heterocycles. The van der Waals surface area contributed by atoms with Crippen LogP contribution in [0, 0.1) is 11.3 Å². The molecule has 0 saturated heterocycles. The molecule has 1 amide bonds. The highest BCUT2D eigenvalue weighted by molar-refractivity contribution is 5.75.